The maximum absolute atomic E-state index is 13.0. The minimum Gasteiger partial charge on any atom is -0.525 e. The summed E-state index contributed by atoms with van der Waals surface area (Å²) in [7, 11) is 3.25. The minimum atomic E-state index is -6.73. The average molecular weight is 1520 g/mol. The number of aliphatic hydroxyl groups excluding tert-OH is 1. The number of rotatable bonds is 26. The molecule has 25 heteroatoms. The van der Waals surface area contributed by atoms with E-state index < -0.39 is 64.1 Å². The second-order valence-electron chi connectivity index (χ2n) is 21.9. The van der Waals surface area contributed by atoms with Crippen molar-refractivity contribution in [2.45, 2.75) is 241 Å². The van der Waals surface area contributed by atoms with E-state index in [1.807, 2.05) is 6.07 Å². The first kappa shape index (κ1) is 83.7. The summed E-state index contributed by atoms with van der Waals surface area (Å²) in [6.45, 7) is 28.5. The molecule has 3 fully saturated rings. The zero-order valence-electron chi connectivity index (χ0n) is 49.0. The van der Waals surface area contributed by atoms with Gasteiger partial charge >= 0.3 is 55.2 Å². The zero-order valence-corrected chi connectivity index (χ0v) is 53.7. The van der Waals surface area contributed by atoms with Gasteiger partial charge in [0, 0.05) is 44.0 Å². The van der Waals surface area contributed by atoms with Crippen LogP contribution < -0.4 is 4.74 Å². The Morgan fingerprint density at radius 2 is 1.59 bits per heavy atom. The van der Waals surface area contributed by atoms with Crippen molar-refractivity contribution in [3.05, 3.63) is 66.4 Å². The fourth-order valence-electron chi connectivity index (χ4n) is 11.5. The van der Waals surface area contributed by atoms with Crippen molar-refractivity contribution < 1.29 is 115 Å². The molecule has 3 aliphatic carbocycles. The summed E-state index contributed by atoms with van der Waals surface area (Å²) in [4.78, 5) is 30.4. The first-order valence-corrected chi connectivity index (χ1v) is 30.1. The predicted octanol–water partition coefficient (Wildman–Crippen LogP) is 17.4. The second kappa shape index (κ2) is 37.9. The second-order valence-corrected chi connectivity index (χ2v) is 26.4. The molecular formula is C60H101F9N3O9PS2U. The van der Waals surface area contributed by atoms with E-state index in [0.29, 0.717) is 49.2 Å². The average Bonchev–Trinajstić information content (AvgIpc) is 1.58. The SMILES string of the molecule is C.C.C.C.C.[2H]OCC1OC(N2C=C(CCCCSSC([CH2-])(C)C)C(=O)CC2=O)CC1OP(OCC[N+]#[C-])N(C(C)C)C(C)C.[3H]C.[CH2-]COc1ccc2c(c1)CCC1C2CCC2(C)C(OCCCOC(C(F)(F)F)(C(F)(F)F)C(F)(F)F)CCC12.[U+2]. The van der Waals surface area contributed by atoms with E-state index in [9.17, 15) is 49.1 Å². The molecule has 1 saturated heterocycles. The molecule has 9 atom stereocenters. The number of hydrogen-bond acceptors (Lipinski definition) is 12. The molecule has 1 aromatic rings. The van der Waals surface area contributed by atoms with Crippen molar-refractivity contribution in [2.75, 3.05) is 45.3 Å². The van der Waals surface area contributed by atoms with Crippen LogP contribution in [0.25, 0.3) is 4.85 Å². The summed E-state index contributed by atoms with van der Waals surface area (Å²) in [5.74, 6) is 2.44. The van der Waals surface area contributed by atoms with Gasteiger partial charge in [0.1, 0.15) is 24.7 Å². The summed E-state index contributed by atoms with van der Waals surface area (Å²) in [6.07, 6.45) is -13.3. The molecule has 0 radical (unpaired) electrons. The van der Waals surface area contributed by atoms with Gasteiger partial charge in [0.25, 0.3) is 8.53 Å². The molecule has 1 N–H and O–H groups in total. The van der Waals surface area contributed by atoms with Crippen LogP contribution in [0.5, 0.6) is 5.75 Å². The van der Waals surface area contributed by atoms with Crippen molar-refractivity contribution in [1.82, 2.24) is 9.57 Å². The van der Waals surface area contributed by atoms with Crippen LogP contribution >= 0.6 is 30.1 Å². The molecule has 2 aliphatic heterocycles. The third-order valence-electron chi connectivity index (χ3n) is 15.0. The van der Waals surface area contributed by atoms with E-state index in [0.717, 1.165) is 56.4 Å². The molecule has 9 unspecified atom stereocenters. The number of amides is 1. The largest absolute Gasteiger partial charge is 2.00 e. The van der Waals surface area contributed by atoms with Crippen molar-refractivity contribution in [2.24, 2.45) is 17.3 Å². The van der Waals surface area contributed by atoms with Gasteiger partial charge < -0.3 is 51.8 Å². The molecule has 6 rings (SSSR count). The van der Waals surface area contributed by atoms with Crippen LogP contribution in [-0.2, 0) is 39.3 Å². The number of Topliss-reactive ketones (excluding diaryl/α,β-unsaturated/α-hetero) is 1. The molecule has 12 nitrogen and oxygen atoms in total. The number of aryl methyl sites for hydroxylation is 1. The Morgan fingerprint density at radius 3 is 2.15 bits per heavy atom. The number of ketones is 1. The summed E-state index contributed by atoms with van der Waals surface area (Å²) in [5.41, 5.74) is -3.26. The monoisotopic (exact) mass is 1510 g/mol. The number of fused-ring (bicyclic) bond motifs is 5. The van der Waals surface area contributed by atoms with Crippen LogP contribution in [-0.4, -0.2) is 139 Å². The molecule has 0 spiro atoms. The Hall–Kier alpha value is -1.34. The van der Waals surface area contributed by atoms with Crippen LogP contribution in [0.4, 0.5) is 39.5 Å². The quantitative estimate of drug-likeness (QED) is 0.0237. The van der Waals surface area contributed by atoms with Crippen LogP contribution in [0.15, 0.2) is 30.0 Å². The van der Waals surface area contributed by atoms with E-state index in [2.05, 4.69) is 93.8 Å². The Bertz CT molecular complexity index is 2190. The van der Waals surface area contributed by atoms with Crippen molar-refractivity contribution in [1.29, 1.82) is 1.43 Å². The summed E-state index contributed by atoms with van der Waals surface area (Å²) in [5, 5.41) is 4.68. The Labute approximate surface area is 540 Å². The van der Waals surface area contributed by atoms with E-state index >= 15 is 0 Å². The molecule has 5 aliphatic rings. The number of benzene rings is 1. The number of ether oxygens (including phenoxy) is 4. The Morgan fingerprint density at radius 1 is 0.953 bits per heavy atom. The van der Waals surface area contributed by atoms with Crippen LogP contribution in [0.2, 0.25) is 0 Å². The van der Waals surface area contributed by atoms with Gasteiger partial charge in [0.15, 0.2) is 5.78 Å². The molecule has 0 bridgehead atoms. The maximum Gasteiger partial charge on any atom is 2.00 e. The van der Waals surface area contributed by atoms with E-state index in [4.69, 9.17) is 32.6 Å². The number of allylic oxidation sites excluding steroid dienone is 1. The Balaban J connectivity index is -0.00000148. The normalized spacial score (nSPS) is 24.4. The van der Waals surface area contributed by atoms with Gasteiger partial charge in [0.2, 0.25) is 13.9 Å². The zero-order chi connectivity index (χ0) is 60.7. The van der Waals surface area contributed by atoms with Crippen molar-refractivity contribution >= 4 is 41.8 Å². The van der Waals surface area contributed by atoms with Gasteiger partial charge in [-0.2, -0.15) is 39.5 Å². The standard InChI is InChI=1S/C27H32F9O3.C27H45N3O6PS2.6CH4.U/c1-3-37-17-6-8-18-16(15-17)5-7-20-19(18)11-12-23(2)21(20)9-10-22(23)38-13-4-14-39-24(25(28,29)30,26(31,32)33)27(34,35)36;1-19(2)30(20(3)4)37(34-13-12-28-8)36-23-16-26(35-24(23)18-31)29-17-21(22(32)15-25(29)33)11-9-10-14-38-39-27(5,6)7;;;;;;;/h6,8,15,19-22H,1,3-5,7,9-14H2,2H3;17,19-20,23-24,26,31H,5,9-16,18H2,1-4,6-7H3;6*1H4;/q2*-1;;;;;;;+2/i;31D;1T;;;;;;. The minimum absolute atomic E-state index is 0. The number of carbonyl (C=O) groups is 2. The third-order valence-corrected chi connectivity index (χ3v) is 20.4. The van der Waals surface area contributed by atoms with Gasteiger partial charge in [-0.1, -0.05) is 82.2 Å². The van der Waals surface area contributed by atoms with Crippen LogP contribution in [0.1, 0.15) is 182 Å². The topological polar surface area (TPSA) is 121 Å². The number of halogens is 9. The molecule has 1 amide bonds. The van der Waals surface area contributed by atoms with Crippen molar-refractivity contribution in [3.63, 3.8) is 0 Å². The smallest absolute Gasteiger partial charge is 0.525 e. The molecule has 1 aromatic carbocycles. The van der Waals surface area contributed by atoms with Crippen molar-refractivity contribution in [3.8, 4) is 5.75 Å². The van der Waals surface area contributed by atoms with Gasteiger partial charge in [-0.05, 0) is 145 Å². The maximum atomic E-state index is 13.0. The molecule has 85 heavy (non-hydrogen) atoms. The van der Waals surface area contributed by atoms with Crippen LogP contribution in [0, 0.1) is 68.8 Å². The van der Waals surface area contributed by atoms with Gasteiger partial charge in [0.05, 0.1) is 31.8 Å². The summed E-state index contributed by atoms with van der Waals surface area (Å²) >= 11 is 0. The molecule has 494 valence electrons. The summed E-state index contributed by atoms with van der Waals surface area (Å²) in [6, 6.07) is 6.40. The molecule has 0 aromatic heterocycles. The first-order valence-electron chi connectivity index (χ1n) is 28.0. The summed E-state index contributed by atoms with van der Waals surface area (Å²) < 4.78 is 166. The van der Waals surface area contributed by atoms with E-state index in [1.54, 1.807) is 27.8 Å². The molecule has 2 heterocycles. The van der Waals surface area contributed by atoms with Gasteiger partial charge in [-0.3, -0.25) is 14.5 Å². The number of hydrogen-bond donors (Lipinski definition) is 1. The third kappa shape index (κ3) is 22.2. The molecular weight excluding hydrogens is 1410 g/mol. The molecule has 2 saturated carbocycles. The van der Waals surface area contributed by atoms with E-state index in [1.165, 1.54) is 23.4 Å². The Kier molecular flexibility index (Phi) is 37.3. The number of aliphatic hydroxyl groups is 1. The predicted molar refractivity (Wildman–Crippen MR) is 323 cm³/mol. The number of alkyl halides is 9. The van der Waals surface area contributed by atoms with E-state index in [-0.39, 0.29) is 141 Å². The van der Waals surface area contributed by atoms with Crippen LogP contribution in [0.3, 0.4) is 0 Å². The van der Waals surface area contributed by atoms with Gasteiger partial charge in [-0.25, -0.2) is 11.2 Å². The number of carbonyl (C=O) groups excluding carboxylic acids is 2. The van der Waals surface area contributed by atoms with Gasteiger partial charge in [-0.15, -0.1) is 15.5 Å². The first-order chi connectivity index (χ1) is 37.9. The fourth-order valence-corrected chi connectivity index (χ4v) is 15.6. The number of unbranched alkanes of at least 4 members (excludes halogenated alkanes) is 1. The number of nitrogens with zero attached hydrogens (tertiary/aromatic N) is 3. The fraction of sp³-hybridized carbons (Fsp3) is 0.783.